The topological polar surface area (TPSA) is 32.9 Å². The van der Waals surface area contributed by atoms with Crippen LogP contribution >= 0.6 is 0 Å². The first-order valence-corrected chi connectivity index (χ1v) is 7.32. The van der Waals surface area contributed by atoms with E-state index >= 15 is 0 Å². The van der Waals surface area contributed by atoms with Crippen LogP contribution in [0.15, 0.2) is 18.2 Å². The second-order valence-corrected chi connectivity index (χ2v) is 5.72. The molecule has 0 saturated heterocycles. The number of hydrogen-bond acceptors (Lipinski definition) is 1. The lowest BCUT2D eigenvalue weighted by Crippen LogP contribution is -2.09. The molecule has 0 amide bonds. The summed E-state index contributed by atoms with van der Waals surface area (Å²) in [7, 11) is 0. The molecule has 100 valence electrons. The highest BCUT2D eigenvalue weighted by Gasteiger charge is 2.26. The molecule has 3 rings (SSSR count). The third-order valence-electron chi connectivity index (χ3n) is 4.47. The van der Waals surface area contributed by atoms with Gasteiger partial charge in [0, 0.05) is 28.9 Å². The van der Waals surface area contributed by atoms with Crippen LogP contribution in [-0.2, 0) is 17.6 Å². The highest BCUT2D eigenvalue weighted by Crippen LogP contribution is 2.30. The summed E-state index contributed by atoms with van der Waals surface area (Å²) in [6.45, 7) is 4.31. The lowest BCUT2D eigenvalue weighted by molar-refractivity contribution is -0.120. The lowest BCUT2D eigenvalue weighted by atomic mass is 9.94. The minimum absolute atomic E-state index is 0.253. The van der Waals surface area contributed by atoms with Gasteiger partial charge in [-0.05, 0) is 55.9 Å². The number of aromatic amines is 1. The first-order valence-electron chi connectivity index (χ1n) is 7.32. The molecule has 1 atom stereocenters. The normalized spacial score (nSPS) is 19.5. The number of hydrogen-bond donors (Lipinski definition) is 1. The molecule has 0 bridgehead atoms. The van der Waals surface area contributed by atoms with E-state index in [4.69, 9.17) is 0 Å². The second-order valence-electron chi connectivity index (χ2n) is 5.72. The van der Waals surface area contributed by atoms with Crippen molar-refractivity contribution in [2.75, 3.05) is 0 Å². The molecule has 1 aliphatic carbocycles. The number of rotatable bonds is 3. The van der Waals surface area contributed by atoms with Gasteiger partial charge in [-0.15, -0.1) is 0 Å². The largest absolute Gasteiger partial charge is 0.358 e. The summed E-state index contributed by atoms with van der Waals surface area (Å²) >= 11 is 0. The van der Waals surface area contributed by atoms with Crippen molar-refractivity contribution in [1.82, 2.24) is 4.98 Å². The maximum absolute atomic E-state index is 11.9. The van der Waals surface area contributed by atoms with Crippen molar-refractivity contribution < 1.29 is 4.79 Å². The van der Waals surface area contributed by atoms with Crippen molar-refractivity contribution in [2.45, 2.75) is 46.0 Å². The first kappa shape index (κ1) is 12.5. The van der Waals surface area contributed by atoms with Gasteiger partial charge in [-0.3, -0.25) is 4.79 Å². The highest BCUT2D eigenvalue weighted by atomic mass is 16.1. The monoisotopic (exact) mass is 255 g/mol. The molecular weight excluding hydrogens is 234 g/mol. The van der Waals surface area contributed by atoms with Crippen molar-refractivity contribution in [1.29, 1.82) is 0 Å². The number of carbonyl (C=O) groups is 1. The molecule has 0 aliphatic heterocycles. The Morgan fingerprint density at radius 2 is 2.21 bits per heavy atom. The van der Waals surface area contributed by atoms with Gasteiger partial charge in [0.15, 0.2) is 0 Å². The Labute approximate surface area is 114 Å². The Morgan fingerprint density at radius 1 is 1.37 bits per heavy atom. The Kier molecular flexibility index (Phi) is 3.17. The Bertz CT molecular complexity index is 623. The maximum Gasteiger partial charge on any atom is 0.136 e. The van der Waals surface area contributed by atoms with Crippen molar-refractivity contribution in [3.63, 3.8) is 0 Å². The molecule has 19 heavy (non-hydrogen) atoms. The fourth-order valence-corrected chi connectivity index (χ4v) is 3.26. The lowest BCUT2D eigenvalue weighted by Gasteiger charge is -2.08. The fraction of sp³-hybridized carbons (Fsp3) is 0.471. The van der Waals surface area contributed by atoms with E-state index < -0.39 is 0 Å². The maximum atomic E-state index is 11.9. The average molecular weight is 255 g/mol. The number of aromatic nitrogens is 1. The molecule has 1 heterocycles. The minimum atomic E-state index is 0.253. The van der Waals surface area contributed by atoms with Gasteiger partial charge in [0.25, 0.3) is 0 Å². The van der Waals surface area contributed by atoms with Crippen LogP contribution in [0.5, 0.6) is 0 Å². The third-order valence-corrected chi connectivity index (χ3v) is 4.47. The Hall–Kier alpha value is -1.57. The molecule has 2 aromatic rings. The van der Waals surface area contributed by atoms with Gasteiger partial charge in [-0.25, -0.2) is 0 Å². The molecule has 1 unspecified atom stereocenters. The van der Waals surface area contributed by atoms with E-state index in [1.807, 2.05) is 0 Å². The van der Waals surface area contributed by atoms with Gasteiger partial charge in [0.05, 0.1) is 0 Å². The van der Waals surface area contributed by atoms with Gasteiger partial charge in [0.1, 0.15) is 5.78 Å². The van der Waals surface area contributed by atoms with Crippen molar-refractivity contribution in [3.8, 4) is 0 Å². The van der Waals surface area contributed by atoms with Gasteiger partial charge in [-0.2, -0.15) is 0 Å². The molecule has 1 saturated carbocycles. The number of fused-ring (bicyclic) bond motifs is 1. The van der Waals surface area contributed by atoms with Gasteiger partial charge in [-0.1, -0.05) is 13.0 Å². The van der Waals surface area contributed by atoms with E-state index in [0.717, 1.165) is 32.1 Å². The van der Waals surface area contributed by atoms with E-state index in [9.17, 15) is 4.79 Å². The van der Waals surface area contributed by atoms with Crippen LogP contribution in [0.1, 0.15) is 43.0 Å². The van der Waals surface area contributed by atoms with Crippen LogP contribution in [0.2, 0.25) is 0 Å². The third kappa shape index (κ3) is 2.20. The van der Waals surface area contributed by atoms with Crippen molar-refractivity contribution >= 4 is 16.7 Å². The van der Waals surface area contributed by atoms with E-state index in [2.05, 4.69) is 37.0 Å². The van der Waals surface area contributed by atoms with Gasteiger partial charge < -0.3 is 4.98 Å². The predicted octanol–water partition coefficient (Wildman–Crippen LogP) is 3.95. The number of nitrogens with one attached hydrogen (secondary N) is 1. The molecule has 1 aliphatic rings. The number of ketones is 1. The number of H-pyrrole nitrogens is 1. The summed E-state index contributed by atoms with van der Waals surface area (Å²) in [5.41, 5.74) is 5.15. The van der Waals surface area contributed by atoms with Crippen LogP contribution in [0.3, 0.4) is 0 Å². The van der Waals surface area contributed by atoms with E-state index in [-0.39, 0.29) is 5.92 Å². The molecular formula is C17H21NO. The quantitative estimate of drug-likeness (QED) is 0.885. The summed E-state index contributed by atoms with van der Waals surface area (Å²) in [5, 5.41) is 1.32. The number of carbonyl (C=O) groups excluding carboxylic acids is 1. The van der Waals surface area contributed by atoms with E-state index in [1.165, 1.54) is 27.7 Å². The highest BCUT2D eigenvalue weighted by molar-refractivity contribution is 5.87. The van der Waals surface area contributed by atoms with Crippen LogP contribution in [0.4, 0.5) is 0 Å². The summed E-state index contributed by atoms with van der Waals surface area (Å²) < 4.78 is 0. The van der Waals surface area contributed by atoms with Gasteiger partial charge in [0.2, 0.25) is 0 Å². The van der Waals surface area contributed by atoms with E-state index in [0.29, 0.717) is 5.78 Å². The molecule has 2 nitrogen and oxygen atoms in total. The molecule has 0 radical (unpaired) electrons. The number of aryl methyl sites for hydroxylation is 2. The van der Waals surface area contributed by atoms with Crippen LogP contribution in [-0.4, -0.2) is 10.8 Å². The first-order chi connectivity index (χ1) is 9.19. The van der Waals surface area contributed by atoms with Crippen LogP contribution < -0.4 is 0 Å². The summed E-state index contributed by atoms with van der Waals surface area (Å²) in [5.74, 6) is 0.711. The predicted molar refractivity (Wildman–Crippen MR) is 78.5 cm³/mol. The van der Waals surface area contributed by atoms with Crippen LogP contribution in [0, 0.1) is 12.8 Å². The smallest absolute Gasteiger partial charge is 0.136 e. The Balaban J connectivity index is 2.01. The summed E-state index contributed by atoms with van der Waals surface area (Å²) in [6, 6.07) is 6.64. The zero-order valence-corrected chi connectivity index (χ0v) is 11.8. The second kappa shape index (κ2) is 4.84. The average Bonchev–Trinajstić information content (AvgIpc) is 2.94. The van der Waals surface area contributed by atoms with E-state index in [1.54, 1.807) is 0 Å². The minimum Gasteiger partial charge on any atom is -0.358 e. The van der Waals surface area contributed by atoms with Crippen molar-refractivity contribution in [2.24, 2.45) is 5.92 Å². The molecule has 1 aromatic carbocycles. The molecule has 0 spiro atoms. The zero-order chi connectivity index (χ0) is 13.4. The zero-order valence-electron chi connectivity index (χ0n) is 11.8. The fourth-order valence-electron chi connectivity index (χ4n) is 3.26. The van der Waals surface area contributed by atoms with Crippen molar-refractivity contribution in [3.05, 3.63) is 35.0 Å². The van der Waals surface area contributed by atoms with Gasteiger partial charge >= 0.3 is 0 Å². The summed E-state index contributed by atoms with van der Waals surface area (Å²) in [4.78, 5) is 15.3. The standard InChI is InChI=1S/C17H21NO/c1-3-12-7-8-16-15(9-12)14(11(2)18-16)10-13-5-4-6-17(13)19/h7-9,13,18H,3-6,10H2,1-2H3. The van der Waals surface area contributed by atoms with Crippen LogP contribution in [0.25, 0.3) is 10.9 Å². The summed E-state index contributed by atoms with van der Waals surface area (Å²) in [6.07, 6.45) is 4.90. The molecule has 1 fully saturated rings. The molecule has 1 N–H and O–H groups in total. The number of benzene rings is 1. The number of Topliss-reactive ketones (excluding diaryl/α,β-unsaturated/α-hetero) is 1. The Morgan fingerprint density at radius 3 is 2.89 bits per heavy atom. The molecule has 2 heteroatoms. The SMILES string of the molecule is CCc1ccc2[nH]c(C)c(CC3CCCC3=O)c2c1. The molecule has 1 aromatic heterocycles.